The molecule has 1 fully saturated rings. The Balaban J connectivity index is 2.01. The highest BCUT2D eigenvalue weighted by atomic mass is 35.5. The first-order valence-corrected chi connectivity index (χ1v) is 8.94. The molecule has 0 atom stereocenters. The van der Waals surface area contributed by atoms with Crippen molar-refractivity contribution in [2.45, 2.75) is 51.5 Å². The number of nitrogens with one attached hydrogen (secondary N) is 1. The van der Waals surface area contributed by atoms with Gasteiger partial charge in [-0.2, -0.15) is 4.68 Å². The van der Waals surface area contributed by atoms with Gasteiger partial charge in [-0.25, -0.2) is 4.79 Å². The lowest BCUT2D eigenvalue weighted by Gasteiger charge is -2.36. The number of nitrogens with zero attached hydrogens (tertiary/aromatic N) is 4. The van der Waals surface area contributed by atoms with Crippen LogP contribution >= 0.6 is 11.6 Å². The van der Waals surface area contributed by atoms with Crippen LogP contribution in [0.3, 0.4) is 0 Å². The Kier molecular flexibility index (Phi) is 5.22. The summed E-state index contributed by atoms with van der Waals surface area (Å²) in [5, 5.41) is 15.9. The van der Waals surface area contributed by atoms with Gasteiger partial charge in [0.05, 0.1) is 12.3 Å². The number of alkyl carbamates (subject to hydrolysis) is 1. The number of carbonyl (C=O) groups excluding carboxylic acids is 1. The number of aryl methyl sites for hydroxylation is 1. The largest absolute Gasteiger partial charge is 0.450 e. The zero-order chi connectivity index (χ0) is 17.9. The van der Waals surface area contributed by atoms with E-state index in [-0.39, 0.29) is 0 Å². The molecular formula is C17H22ClN5O2. The van der Waals surface area contributed by atoms with Gasteiger partial charge in [0.1, 0.15) is 5.54 Å². The van der Waals surface area contributed by atoms with Crippen molar-refractivity contribution in [1.29, 1.82) is 0 Å². The normalized spacial score (nSPS) is 16.4. The van der Waals surface area contributed by atoms with Crippen molar-refractivity contribution in [3.05, 3.63) is 34.6 Å². The molecule has 0 spiro atoms. The number of hydrogen-bond donors (Lipinski definition) is 1. The van der Waals surface area contributed by atoms with Crippen LogP contribution in [0.5, 0.6) is 0 Å². The second kappa shape index (κ2) is 7.39. The summed E-state index contributed by atoms with van der Waals surface area (Å²) in [4.78, 5) is 12.1. The monoisotopic (exact) mass is 363 g/mol. The minimum atomic E-state index is -0.634. The summed E-state index contributed by atoms with van der Waals surface area (Å²) in [5.74, 6) is 0.611. The summed E-state index contributed by atoms with van der Waals surface area (Å²) >= 11 is 6.26. The molecule has 1 aliphatic carbocycles. The van der Waals surface area contributed by atoms with Crippen LogP contribution in [0.2, 0.25) is 5.02 Å². The zero-order valence-electron chi connectivity index (χ0n) is 14.5. The van der Waals surface area contributed by atoms with Crippen molar-refractivity contribution in [2.75, 3.05) is 6.61 Å². The third-order valence-electron chi connectivity index (χ3n) is 4.62. The molecule has 2 aromatic rings. The topological polar surface area (TPSA) is 81.9 Å². The lowest BCUT2D eigenvalue weighted by atomic mass is 9.81. The van der Waals surface area contributed by atoms with Crippen LogP contribution in [0.25, 0.3) is 5.69 Å². The first-order valence-electron chi connectivity index (χ1n) is 8.56. The highest BCUT2D eigenvalue weighted by Gasteiger charge is 2.41. The molecule has 1 aliphatic rings. The predicted molar refractivity (Wildman–Crippen MR) is 93.8 cm³/mol. The Morgan fingerprint density at radius 2 is 2.12 bits per heavy atom. The van der Waals surface area contributed by atoms with Gasteiger partial charge in [0.25, 0.3) is 0 Å². The van der Waals surface area contributed by atoms with Crippen molar-refractivity contribution in [3.63, 3.8) is 0 Å². The molecule has 0 bridgehead atoms. The highest BCUT2D eigenvalue weighted by Crippen LogP contribution is 2.37. The molecule has 0 radical (unpaired) electrons. The fraction of sp³-hybridized carbons (Fsp3) is 0.529. The minimum Gasteiger partial charge on any atom is -0.450 e. The number of benzene rings is 1. The molecule has 3 rings (SSSR count). The van der Waals surface area contributed by atoms with E-state index >= 15 is 0 Å². The van der Waals surface area contributed by atoms with E-state index in [0.29, 0.717) is 17.5 Å². The fourth-order valence-corrected chi connectivity index (χ4v) is 3.47. The number of rotatable bonds is 4. The van der Waals surface area contributed by atoms with Crippen LogP contribution in [0.1, 0.15) is 50.4 Å². The Labute approximate surface area is 151 Å². The quantitative estimate of drug-likeness (QED) is 0.898. The predicted octanol–water partition coefficient (Wildman–Crippen LogP) is 3.53. The third-order valence-corrected chi connectivity index (χ3v) is 5.03. The average Bonchev–Trinajstić information content (AvgIpc) is 3.09. The lowest BCUT2D eigenvalue weighted by Crippen LogP contribution is -2.49. The standard InChI is InChI=1S/C17H22ClN5O2/c1-3-25-16(24)19-17(9-5-4-6-10-17)15-20-21-22-23(15)13-8-7-12(2)14(18)11-13/h7-8,11H,3-6,9-10H2,1-2H3,(H,19,24). The van der Waals surface area contributed by atoms with E-state index in [1.165, 1.54) is 0 Å². The van der Waals surface area contributed by atoms with Crippen molar-refractivity contribution in [2.24, 2.45) is 0 Å². The summed E-state index contributed by atoms with van der Waals surface area (Å²) in [5.41, 5.74) is 1.12. The van der Waals surface area contributed by atoms with Gasteiger partial charge in [0.15, 0.2) is 5.82 Å². The Morgan fingerprint density at radius 3 is 2.80 bits per heavy atom. The average molecular weight is 364 g/mol. The summed E-state index contributed by atoms with van der Waals surface area (Å²) in [6.45, 7) is 4.05. The molecule has 134 valence electrons. The minimum absolute atomic E-state index is 0.320. The molecule has 1 amide bonds. The van der Waals surface area contributed by atoms with E-state index in [9.17, 15) is 4.79 Å². The molecule has 1 aromatic heterocycles. The first-order chi connectivity index (χ1) is 12.1. The molecule has 0 unspecified atom stereocenters. The van der Waals surface area contributed by atoms with E-state index in [1.807, 2.05) is 25.1 Å². The maximum Gasteiger partial charge on any atom is 0.407 e. The molecule has 1 heterocycles. The first kappa shape index (κ1) is 17.7. The number of halogens is 1. The summed E-state index contributed by atoms with van der Waals surface area (Å²) in [6.07, 6.45) is 4.21. The van der Waals surface area contributed by atoms with E-state index in [0.717, 1.165) is 43.4 Å². The SMILES string of the molecule is CCOC(=O)NC1(c2nnnn2-c2ccc(C)c(Cl)c2)CCCCC1. The van der Waals surface area contributed by atoms with E-state index < -0.39 is 11.6 Å². The van der Waals surface area contributed by atoms with Gasteiger partial charge in [0.2, 0.25) is 0 Å². The number of aromatic nitrogens is 4. The fourth-order valence-electron chi connectivity index (χ4n) is 3.30. The smallest absolute Gasteiger partial charge is 0.407 e. The highest BCUT2D eigenvalue weighted by molar-refractivity contribution is 6.31. The molecule has 1 N–H and O–H groups in total. The van der Waals surface area contributed by atoms with Gasteiger partial charge < -0.3 is 10.1 Å². The van der Waals surface area contributed by atoms with Crippen molar-refractivity contribution in [1.82, 2.24) is 25.5 Å². The lowest BCUT2D eigenvalue weighted by molar-refractivity contribution is 0.124. The van der Waals surface area contributed by atoms with Crippen molar-refractivity contribution < 1.29 is 9.53 Å². The van der Waals surface area contributed by atoms with Gasteiger partial charge in [-0.15, -0.1) is 5.10 Å². The van der Waals surface area contributed by atoms with Gasteiger partial charge in [-0.3, -0.25) is 0 Å². The van der Waals surface area contributed by atoms with Crippen LogP contribution in [0, 0.1) is 6.92 Å². The van der Waals surface area contributed by atoms with Crippen molar-refractivity contribution in [3.8, 4) is 5.69 Å². The van der Waals surface area contributed by atoms with Crippen LogP contribution < -0.4 is 5.32 Å². The van der Waals surface area contributed by atoms with E-state index in [4.69, 9.17) is 16.3 Å². The van der Waals surface area contributed by atoms with Crippen LogP contribution in [-0.2, 0) is 10.3 Å². The molecule has 25 heavy (non-hydrogen) atoms. The molecule has 0 aliphatic heterocycles. The molecule has 0 saturated heterocycles. The molecule has 1 saturated carbocycles. The van der Waals surface area contributed by atoms with E-state index in [1.54, 1.807) is 11.6 Å². The van der Waals surface area contributed by atoms with Crippen LogP contribution in [-0.4, -0.2) is 32.9 Å². The molecule has 1 aromatic carbocycles. The van der Waals surface area contributed by atoms with Gasteiger partial charge in [-0.05, 0) is 54.8 Å². The number of ether oxygens (including phenoxy) is 1. The maximum atomic E-state index is 12.1. The van der Waals surface area contributed by atoms with Gasteiger partial charge in [-0.1, -0.05) is 36.9 Å². The summed E-state index contributed by atoms with van der Waals surface area (Å²) in [7, 11) is 0. The number of carbonyl (C=O) groups is 1. The van der Waals surface area contributed by atoms with Gasteiger partial charge >= 0.3 is 6.09 Å². The number of tetrazole rings is 1. The van der Waals surface area contributed by atoms with Crippen molar-refractivity contribution >= 4 is 17.7 Å². The van der Waals surface area contributed by atoms with Gasteiger partial charge in [0, 0.05) is 5.02 Å². The summed E-state index contributed by atoms with van der Waals surface area (Å²) in [6, 6.07) is 5.68. The Bertz CT molecular complexity index is 755. The molecular weight excluding hydrogens is 342 g/mol. The third kappa shape index (κ3) is 3.61. The Morgan fingerprint density at radius 1 is 1.36 bits per heavy atom. The second-order valence-electron chi connectivity index (χ2n) is 6.34. The molecule has 7 nitrogen and oxygen atoms in total. The number of hydrogen-bond acceptors (Lipinski definition) is 5. The zero-order valence-corrected chi connectivity index (χ0v) is 15.2. The number of amides is 1. The molecule has 8 heteroatoms. The second-order valence-corrected chi connectivity index (χ2v) is 6.74. The maximum absolute atomic E-state index is 12.1. The van der Waals surface area contributed by atoms with Crippen LogP contribution in [0.15, 0.2) is 18.2 Å². The van der Waals surface area contributed by atoms with E-state index in [2.05, 4.69) is 20.8 Å². The Hall–Kier alpha value is -2.15. The summed E-state index contributed by atoms with van der Waals surface area (Å²) < 4.78 is 6.75. The van der Waals surface area contributed by atoms with Crippen LogP contribution in [0.4, 0.5) is 4.79 Å².